The van der Waals surface area contributed by atoms with E-state index in [4.69, 9.17) is 22.7 Å². The molecule has 6 heteroatoms. The van der Waals surface area contributed by atoms with E-state index < -0.39 is 9.05 Å². The number of hydrogen-bond donors (Lipinski definition) is 0. The molecule has 0 amide bonds. The lowest BCUT2D eigenvalue weighted by Crippen LogP contribution is -2.49. The molecule has 0 saturated heterocycles. The minimum Gasteiger partial charge on any atom is -0.350 e. The van der Waals surface area contributed by atoms with Gasteiger partial charge in [0.05, 0.1) is 7.11 Å². The molecule has 0 aromatic rings. The summed E-state index contributed by atoms with van der Waals surface area (Å²) >= 11 is 0. The molecule has 0 aliphatic rings. The van der Waals surface area contributed by atoms with Gasteiger partial charge in [-0.25, -0.2) is 4.89 Å². The van der Waals surface area contributed by atoms with E-state index in [1.165, 1.54) is 103 Å². The average Bonchev–Trinajstić information content (AvgIpc) is 2.77. The molecule has 0 atom stereocenters. The lowest BCUT2D eigenvalue weighted by molar-refractivity contribution is -0.255. The van der Waals surface area contributed by atoms with Crippen LogP contribution in [0.25, 0.3) is 0 Å². The van der Waals surface area contributed by atoms with Gasteiger partial charge in [-0.3, -0.25) is 0 Å². The van der Waals surface area contributed by atoms with E-state index in [9.17, 15) is 0 Å². The van der Waals surface area contributed by atoms with Gasteiger partial charge in [-0.1, -0.05) is 117 Å². The summed E-state index contributed by atoms with van der Waals surface area (Å²) in [5.74, 6) is 0. The Kier molecular flexibility index (Phi) is 24.7. The summed E-state index contributed by atoms with van der Waals surface area (Å²) in [4.78, 5) is 5.02. The molecule has 0 N–H and O–H groups in total. The smallest absolute Gasteiger partial charge is 0.350 e. The van der Waals surface area contributed by atoms with Crippen LogP contribution in [0.5, 0.6) is 0 Å². The molecule has 0 bridgehead atoms. The van der Waals surface area contributed by atoms with E-state index in [1.54, 1.807) is 0 Å². The number of hydrogen-bond acceptors (Lipinski definition) is 5. The van der Waals surface area contributed by atoms with E-state index in [2.05, 4.69) is 20.8 Å². The molecule has 0 saturated carbocycles. The largest absolute Gasteiger partial charge is 0.707 e. The fourth-order valence-corrected chi connectivity index (χ4v) is 5.32. The van der Waals surface area contributed by atoms with Gasteiger partial charge in [-0.05, 0) is 19.3 Å². The minimum absolute atomic E-state index is 0.606. The second-order valence-corrected chi connectivity index (χ2v) is 10.6. The fraction of sp³-hybridized carbons (Fsp3) is 1.00. The van der Waals surface area contributed by atoms with Gasteiger partial charge in [-0.2, -0.15) is 4.58 Å². The van der Waals surface area contributed by atoms with Gasteiger partial charge in [0.25, 0.3) is 0 Å². The predicted octanol–water partition coefficient (Wildman–Crippen LogP) is 8.13. The summed E-state index contributed by atoms with van der Waals surface area (Å²) in [5.41, 5.74) is 0. The number of rotatable bonds is 26. The highest BCUT2D eigenvalue weighted by Crippen LogP contribution is 2.17. The highest BCUT2D eigenvalue weighted by Gasteiger charge is 2.47. The highest BCUT2D eigenvalue weighted by molar-refractivity contribution is 6.53. The molecule has 0 heterocycles. The molecule has 0 radical (unpaired) electrons. The van der Waals surface area contributed by atoms with Gasteiger partial charge in [0.1, 0.15) is 0 Å². The van der Waals surface area contributed by atoms with Gasteiger partial charge in [0, 0.05) is 19.8 Å². The van der Waals surface area contributed by atoms with E-state index in [-0.39, 0.29) is 0 Å². The zero-order valence-electron chi connectivity index (χ0n) is 21.4. The third kappa shape index (κ3) is 20.4. The number of unbranched alkanes of at least 4 members (excludes halogenated alkanes) is 15. The minimum atomic E-state index is -3.24. The molecule has 0 aromatic heterocycles. The van der Waals surface area contributed by atoms with Gasteiger partial charge >= 0.3 is 9.05 Å². The van der Waals surface area contributed by atoms with Crippen LogP contribution in [0.15, 0.2) is 0 Å². The molecule has 188 valence electrons. The van der Waals surface area contributed by atoms with Crippen molar-refractivity contribution in [2.45, 2.75) is 136 Å². The Balaban J connectivity index is 4.39. The van der Waals surface area contributed by atoms with Crippen LogP contribution in [0.4, 0.5) is 0 Å². The summed E-state index contributed by atoms with van der Waals surface area (Å²) < 4.78 is 23.9. The maximum Gasteiger partial charge on any atom is 0.707 e. The Hall–Kier alpha value is 0.0169. The van der Waals surface area contributed by atoms with Crippen LogP contribution in [-0.2, 0) is 22.7 Å². The van der Waals surface area contributed by atoms with E-state index in [1.807, 2.05) is 0 Å². The van der Waals surface area contributed by atoms with Crippen molar-refractivity contribution in [1.82, 2.24) is 0 Å². The van der Waals surface area contributed by atoms with E-state index in [0.717, 1.165) is 19.3 Å². The van der Waals surface area contributed by atoms with E-state index >= 15 is 0 Å². The first-order valence-corrected chi connectivity index (χ1v) is 15.0. The molecule has 5 nitrogen and oxygen atoms in total. The van der Waals surface area contributed by atoms with Gasteiger partial charge in [0.2, 0.25) is 0 Å². The SMILES string of the molecule is CCCCCCCCO[Si](OCCCCCCCC)(OCCCCCCCC)OOC. The fourth-order valence-electron chi connectivity index (χ4n) is 3.54. The first kappa shape index (κ1) is 31.0. The second-order valence-electron chi connectivity index (χ2n) is 8.60. The monoisotopic (exact) mass is 462 g/mol. The van der Waals surface area contributed by atoms with Crippen molar-refractivity contribution in [3.63, 3.8) is 0 Å². The topological polar surface area (TPSA) is 46.2 Å². The Bertz CT molecular complexity index is 298. The van der Waals surface area contributed by atoms with Crippen molar-refractivity contribution in [3.05, 3.63) is 0 Å². The molecule has 0 fully saturated rings. The Morgan fingerprint density at radius 3 is 1.00 bits per heavy atom. The molecule has 0 spiro atoms. The summed E-state index contributed by atoms with van der Waals surface area (Å²) in [5, 5.41) is 0. The van der Waals surface area contributed by atoms with Gasteiger partial charge in [0.15, 0.2) is 0 Å². The average molecular weight is 463 g/mol. The summed E-state index contributed by atoms with van der Waals surface area (Å²) in [6, 6.07) is 0. The Morgan fingerprint density at radius 1 is 0.419 bits per heavy atom. The standard InChI is InChI=1S/C25H54O5Si/c1-5-8-11-14-17-20-23-27-31(30-26-4,28-24-21-18-15-12-9-6-2)29-25-22-19-16-13-10-7-3/h5-25H2,1-4H3. The van der Waals surface area contributed by atoms with Crippen LogP contribution in [0.1, 0.15) is 136 Å². The molecule has 0 unspecified atom stereocenters. The molecule has 0 rings (SSSR count). The molecular formula is C25H54O5Si. The Labute approximate surface area is 195 Å². The lowest BCUT2D eigenvalue weighted by Gasteiger charge is -2.26. The molecular weight excluding hydrogens is 408 g/mol. The first-order chi connectivity index (χ1) is 15.2. The van der Waals surface area contributed by atoms with Gasteiger partial charge < -0.3 is 13.3 Å². The Morgan fingerprint density at radius 2 is 0.710 bits per heavy atom. The van der Waals surface area contributed by atoms with Crippen molar-refractivity contribution < 1.29 is 22.7 Å². The van der Waals surface area contributed by atoms with Crippen molar-refractivity contribution in [2.24, 2.45) is 0 Å². The normalized spacial score (nSPS) is 12.0. The third-order valence-electron chi connectivity index (χ3n) is 5.52. The summed E-state index contributed by atoms with van der Waals surface area (Å²) in [7, 11) is -1.73. The van der Waals surface area contributed by atoms with Crippen LogP contribution in [0.3, 0.4) is 0 Å². The molecule has 0 aliphatic carbocycles. The van der Waals surface area contributed by atoms with E-state index in [0.29, 0.717) is 19.8 Å². The summed E-state index contributed by atoms with van der Waals surface area (Å²) in [6.45, 7) is 8.55. The molecule has 0 aromatic carbocycles. The maximum atomic E-state index is 6.11. The van der Waals surface area contributed by atoms with Crippen molar-refractivity contribution in [2.75, 3.05) is 26.9 Å². The zero-order valence-corrected chi connectivity index (χ0v) is 22.4. The van der Waals surface area contributed by atoms with Crippen molar-refractivity contribution >= 4 is 9.05 Å². The van der Waals surface area contributed by atoms with Crippen LogP contribution < -0.4 is 0 Å². The van der Waals surface area contributed by atoms with Crippen LogP contribution in [0.2, 0.25) is 0 Å². The van der Waals surface area contributed by atoms with Crippen LogP contribution in [-0.4, -0.2) is 36.0 Å². The van der Waals surface area contributed by atoms with Crippen LogP contribution in [0, 0.1) is 0 Å². The quantitative estimate of drug-likeness (QED) is 0.0562. The second kappa shape index (κ2) is 24.7. The first-order valence-electron chi connectivity index (χ1n) is 13.4. The van der Waals surface area contributed by atoms with Crippen molar-refractivity contribution in [3.8, 4) is 0 Å². The third-order valence-corrected chi connectivity index (χ3v) is 7.56. The molecule has 0 aliphatic heterocycles. The van der Waals surface area contributed by atoms with Crippen molar-refractivity contribution in [1.29, 1.82) is 0 Å². The zero-order chi connectivity index (χ0) is 22.9. The molecule has 31 heavy (non-hydrogen) atoms. The lowest BCUT2D eigenvalue weighted by atomic mass is 10.1. The highest BCUT2D eigenvalue weighted by atomic mass is 28.4. The predicted molar refractivity (Wildman–Crippen MR) is 132 cm³/mol. The maximum absolute atomic E-state index is 6.11. The van der Waals surface area contributed by atoms with Crippen LogP contribution >= 0.6 is 0 Å². The summed E-state index contributed by atoms with van der Waals surface area (Å²) in [6.07, 6.45) is 22.0. The van der Waals surface area contributed by atoms with Gasteiger partial charge in [-0.15, -0.1) is 0 Å².